The third-order valence-corrected chi connectivity index (χ3v) is 8.63. The summed E-state index contributed by atoms with van der Waals surface area (Å²) in [4.78, 5) is 14.6. The van der Waals surface area contributed by atoms with Crippen LogP contribution in [0.3, 0.4) is 0 Å². The van der Waals surface area contributed by atoms with Gasteiger partial charge in [-0.2, -0.15) is 0 Å². The molecule has 2 rings (SSSR count). The molecule has 31 heavy (non-hydrogen) atoms. The molecule has 0 radical (unpaired) electrons. The van der Waals surface area contributed by atoms with Crippen LogP contribution in [-0.2, 0) is 24.4 Å². The van der Waals surface area contributed by atoms with Gasteiger partial charge in [-0.3, -0.25) is 4.90 Å². The van der Waals surface area contributed by atoms with Gasteiger partial charge in [0.2, 0.25) is 0 Å². The van der Waals surface area contributed by atoms with Gasteiger partial charge in [-0.15, -0.1) is 0 Å². The van der Waals surface area contributed by atoms with E-state index < -0.39 is 19.9 Å². The molecular weight excluding hydrogens is 436 g/mol. The van der Waals surface area contributed by atoms with Crippen LogP contribution < -0.4 is 10.2 Å². The van der Waals surface area contributed by atoms with Crippen LogP contribution in [0.25, 0.3) is 10.8 Å². The maximum absolute atomic E-state index is 12.7. The van der Waals surface area contributed by atoms with E-state index in [1.165, 1.54) is 4.90 Å². The van der Waals surface area contributed by atoms with Crippen molar-refractivity contribution in [1.82, 2.24) is 5.32 Å². The zero-order chi connectivity index (χ0) is 22.9. The molecule has 2 aromatic rings. The van der Waals surface area contributed by atoms with Crippen LogP contribution in [0.1, 0.15) is 27.2 Å². The molecule has 0 heterocycles. The first-order valence-corrected chi connectivity index (χ1v) is 13.5. The van der Waals surface area contributed by atoms with E-state index in [9.17, 15) is 13.6 Å². The van der Waals surface area contributed by atoms with Gasteiger partial charge in [-0.05, 0) is 39.3 Å². The molecule has 0 fully saturated rings. The highest BCUT2D eigenvalue weighted by atomic mass is 32.2. The molecular formula is C21H32N2O6SSi. The fourth-order valence-corrected chi connectivity index (χ4v) is 6.61. The molecule has 1 unspecified atom stereocenters. The Hall–Kier alpha value is -1.82. The third-order valence-electron chi connectivity index (χ3n) is 4.74. The van der Waals surface area contributed by atoms with E-state index in [0.717, 1.165) is 5.39 Å². The van der Waals surface area contributed by atoms with Crippen LogP contribution in [0, 0.1) is 0 Å². The Morgan fingerprint density at radius 3 is 2.19 bits per heavy atom. The van der Waals surface area contributed by atoms with E-state index in [1.54, 1.807) is 31.3 Å². The van der Waals surface area contributed by atoms with Gasteiger partial charge in [0.1, 0.15) is 0 Å². The average Bonchev–Trinajstić information content (AvgIpc) is 2.75. The molecule has 0 aliphatic rings. The van der Waals surface area contributed by atoms with Gasteiger partial charge in [0.15, 0.2) is 11.1 Å². The molecule has 0 spiro atoms. The monoisotopic (exact) mass is 468 g/mol. The smallest absolute Gasteiger partial charge is 0.374 e. The Morgan fingerprint density at radius 1 is 1.03 bits per heavy atom. The molecule has 1 atom stereocenters. The lowest BCUT2D eigenvalue weighted by atomic mass is 10.1. The van der Waals surface area contributed by atoms with Gasteiger partial charge in [-0.25, -0.2) is 9.00 Å². The highest BCUT2D eigenvalue weighted by molar-refractivity contribution is 7.79. The Kier molecular flexibility index (Phi) is 10.1. The van der Waals surface area contributed by atoms with Crippen molar-refractivity contribution in [3.05, 3.63) is 36.4 Å². The first-order chi connectivity index (χ1) is 14.9. The second-order valence-electron chi connectivity index (χ2n) is 6.75. The number of urea groups is 1. The minimum absolute atomic E-state index is 0.264. The SMILES string of the molecule is CCO[Si](CCCNC(=O)N(C)c1cccc2c(S(=O)O)cccc12)(OCC)OCC. The van der Waals surface area contributed by atoms with E-state index in [0.29, 0.717) is 54.8 Å². The number of nitrogens with one attached hydrogen (secondary N) is 1. The van der Waals surface area contributed by atoms with Crippen LogP contribution in [0.5, 0.6) is 0 Å². The zero-order valence-corrected chi connectivity index (χ0v) is 20.4. The lowest BCUT2D eigenvalue weighted by Crippen LogP contribution is -2.46. The number of nitrogens with zero attached hydrogens (tertiary/aromatic N) is 1. The van der Waals surface area contributed by atoms with Crippen molar-refractivity contribution in [2.24, 2.45) is 0 Å². The molecule has 0 aliphatic carbocycles. The van der Waals surface area contributed by atoms with Gasteiger partial charge >= 0.3 is 14.8 Å². The maximum atomic E-state index is 12.7. The van der Waals surface area contributed by atoms with E-state index in [1.807, 2.05) is 32.9 Å². The van der Waals surface area contributed by atoms with Gasteiger partial charge < -0.3 is 23.1 Å². The molecule has 0 saturated carbocycles. The number of amides is 2. The third kappa shape index (κ3) is 6.58. The minimum Gasteiger partial charge on any atom is -0.374 e. The van der Waals surface area contributed by atoms with Crippen molar-refractivity contribution in [2.45, 2.75) is 38.1 Å². The predicted molar refractivity (Wildman–Crippen MR) is 125 cm³/mol. The number of anilines is 1. The van der Waals surface area contributed by atoms with Gasteiger partial charge in [0.25, 0.3) is 0 Å². The second-order valence-corrected chi connectivity index (χ2v) is 10.4. The second kappa shape index (κ2) is 12.3. The van der Waals surface area contributed by atoms with Gasteiger partial charge in [0.05, 0.1) is 10.6 Å². The number of hydrogen-bond acceptors (Lipinski definition) is 5. The number of benzene rings is 2. The maximum Gasteiger partial charge on any atom is 0.500 e. The molecule has 10 heteroatoms. The van der Waals surface area contributed by atoms with Crippen LogP contribution >= 0.6 is 0 Å². The van der Waals surface area contributed by atoms with E-state index in [-0.39, 0.29) is 6.03 Å². The normalized spacial score (nSPS) is 12.7. The molecule has 2 aromatic carbocycles. The van der Waals surface area contributed by atoms with Crippen molar-refractivity contribution in [3.8, 4) is 0 Å². The average molecular weight is 469 g/mol. The fourth-order valence-electron chi connectivity index (χ4n) is 3.44. The number of carbonyl (C=O) groups excluding carboxylic acids is 1. The number of carbonyl (C=O) groups is 1. The van der Waals surface area contributed by atoms with E-state index >= 15 is 0 Å². The molecule has 0 bridgehead atoms. The summed E-state index contributed by atoms with van der Waals surface area (Å²) in [5.41, 5.74) is 0.656. The standard InChI is InChI=1S/C21H32N2O6SSi/c1-5-27-31(28-6-2,29-7-3)16-10-15-22-21(24)23(4)19-13-8-12-18-17(19)11-9-14-20(18)30(25)26/h8-9,11-14H,5-7,10,15-16H2,1-4H3,(H,22,24)(H,25,26). The molecule has 0 aromatic heterocycles. The molecule has 2 N–H and O–H groups in total. The Bertz CT molecular complexity index is 880. The molecule has 8 nitrogen and oxygen atoms in total. The quantitative estimate of drug-likeness (QED) is 0.278. The summed E-state index contributed by atoms with van der Waals surface area (Å²) >= 11 is -2.11. The molecule has 0 saturated heterocycles. The molecule has 0 aliphatic heterocycles. The summed E-state index contributed by atoms with van der Waals surface area (Å²) in [6.07, 6.45) is 0.662. The first-order valence-electron chi connectivity index (χ1n) is 10.4. The Labute approximate surface area is 187 Å². The Balaban J connectivity index is 2.05. The zero-order valence-electron chi connectivity index (χ0n) is 18.6. The summed E-state index contributed by atoms with van der Waals surface area (Å²) in [6, 6.07) is 10.8. The van der Waals surface area contributed by atoms with Crippen LogP contribution in [0.2, 0.25) is 6.04 Å². The number of rotatable bonds is 12. The predicted octanol–water partition coefficient (Wildman–Crippen LogP) is 4.00. The summed E-state index contributed by atoms with van der Waals surface area (Å²) in [7, 11) is -1.06. The lowest BCUT2D eigenvalue weighted by molar-refractivity contribution is 0.0708. The number of fused-ring (bicyclic) bond motifs is 1. The van der Waals surface area contributed by atoms with Crippen molar-refractivity contribution in [3.63, 3.8) is 0 Å². The Morgan fingerprint density at radius 2 is 1.61 bits per heavy atom. The topological polar surface area (TPSA) is 97.3 Å². The highest BCUT2D eigenvalue weighted by Crippen LogP contribution is 2.29. The van der Waals surface area contributed by atoms with Crippen molar-refractivity contribution < 1.29 is 26.8 Å². The summed E-state index contributed by atoms with van der Waals surface area (Å²) in [5, 5.41) is 4.29. The fraction of sp³-hybridized carbons (Fsp3) is 0.476. The summed E-state index contributed by atoms with van der Waals surface area (Å²) in [6.45, 7) is 7.74. The van der Waals surface area contributed by atoms with Crippen LogP contribution in [0.4, 0.5) is 10.5 Å². The molecule has 2 amide bonds. The lowest BCUT2D eigenvalue weighted by Gasteiger charge is -2.28. The minimum atomic E-state index is -2.73. The van der Waals surface area contributed by atoms with Crippen LogP contribution in [-0.4, -0.2) is 57.0 Å². The molecule has 172 valence electrons. The number of hydrogen-bond donors (Lipinski definition) is 2. The van der Waals surface area contributed by atoms with Crippen LogP contribution in [0.15, 0.2) is 41.3 Å². The van der Waals surface area contributed by atoms with Gasteiger partial charge in [0, 0.05) is 50.2 Å². The van der Waals surface area contributed by atoms with E-state index in [2.05, 4.69) is 5.32 Å². The van der Waals surface area contributed by atoms with E-state index in [4.69, 9.17) is 13.3 Å². The van der Waals surface area contributed by atoms with Crippen molar-refractivity contribution in [2.75, 3.05) is 38.3 Å². The van der Waals surface area contributed by atoms with Gasteiger partial charge in [-0.1, -0.05) is 24.3 Å². The summed E-state index contributed by atoms with van der Waals surface area (Å²) in [5.74, 6) is 0. The van der Waals surface area contributed by atoms with Crippen molar-refractivity contribution >= 4 is 42.4 Å². The summed E-state index contributed by atoms with van der Waals surface area (Å²) < 4.78 is 38.7. The first kappa shape index (κ1) is 25.4. The largest absolute Gasteiger partial charge is 0.500 e. The van der Waals surface area contributed by atoms with Crippen molar-refractivity contribution in [1.29, 1.82) is 0 Å². The highest BCUT2D eigenvalue weighted by Gasteiger charge is 2.39.